The number of benzene rings is 1. The van der Waals surface area contributed by atoms with Crippen LogP contribution in [-0.4, -0.2) is 44.9 Å². The zero-order valence-electron chi connectivity index (χ0n) is 15.3. The maximum Gasteiger partial charge on any atom is 0.163 e. The number of piperidine rings is 1. The Labute approximate surface area is 153 Å². The van der Waals surface area contributed by atoms with E-state index in [-0.39, 0.29) is 0 Å². The van der Waals surface area contributed by atoms with Gasteiger partial charge in [-0.05, 0) is 37.8 Å². The van der Waals surface area contributed by atoms with Gasteiger partial charge in [-0.1, -0.05) is 18.2 Å². The molecule has 0 N–H and O–H groups in total. The Morgan fingerprint density at radius 3 is 2.73 bits per heavy atom. The molecule has 1 saturated heterocycles. The van der Waals surface area contributed by atoms with Crippen molar-refractivity contribution < 1.29 is 0 Å². The second kappa shape index (κ2) is 5.97. The Kier molecular flexibility index (Phi) is 3.58. The van der Waals surface area contributed by atoms with Gasteiger partial charge in [-0.15, -0.1) is 0 Å². The highest BCUT2D eigenvalue weighted by Gasteiger charge is 2.33. The molecule has 1 unspecified atom stereocenters. The van der Waals surface area contributed by atoms with Gasteiger partial charge in [0.05, 0.1) is 11.6 Å². The molecule has 6 heteroatoms. The maximum absolute atomic E-state index is 4.57. The molecular formula is C20H24N6. The Hall–Kier alpha value is -2.63. The van der Waals surface area contributed by atoms with E-state index in [1.165, 1.54) is 17.7 Å². The summed E-state index contributed by atoms with van der Waals surface area (Å²) in [6.07, 6.45) is 7.02. The number of fused-ring (bicyclic) bond motifs is 2. The average Bonchev–Trinajstić information content (AvgIpc) is 3.21. The number of nitrogens with zero attached hydrogens (tertiary/aromatic N) is 6. The van der Waals surface area contributed by atoms with Crippen LogP contribution in [-0.2, 0) is 13.5 Å². The number of para-hydroxylation sites is 1. The van der Waals surface area contributed by atoms with E-state index >= 15 is 0 Å². The van der Waals surface area contributed by atoms with Gasteiger partial charge < -0.3 is 9.80 Å². The summed E-state index contributed by atoms with van der Waals surface area (Å²) in [5, 5.41) is 5.39. The van der Waals surface area contributed by atoms with E-state index in [2.05, 4.69) is 56.1 Å². The molecule has 1 atom stereocenters. The summed E-state index contributed by atoms with van der Waals surface area (Å²) in [6, 6.07) is 10.1. The van der Waals surface area contributed by atoms with Crippen LogP contribution in [0.4, 0.5) is 11.5 Å². The first-order chi connectivity index (χ1) is 12.7. The van der Waals surface area contributed by atoms with E-state index in [0.29, 0.717) is 12.1 Å². The van der Waals surface area contributed by atoms with Crippen molar-refractivity contribution in [3.8, 4) is 0 Å². The van der Waals surface area contributed by atoms with E-state index in [1.54, 1.807) is 6.33 Å². The lowest BCUT2D eigenvalue weighted by Gasteiger charge is -2.40. The fraction of sp³-hybridized carbons (Fsp3) is 0.450. The Morgan fingerprint density at radius 2 is 1.88 bits per heavy atom. The van der Waals surface area contributed by atoms with Crippen LogP contribution in [0.15, 0.2) is 36.8 Å². The predicted octanol–water partition coefficient (Wildman–Crippen LogP) is 2.78. The van der Waals surface area contributed by atoms with Gasteiger partial charge in [-0.3, -0.25) is 4.68 Å². The number of aromatic nitrogens is 4. The quantitative estimate of drug-likeness (QED) is 0.713. The second-order valence-corrected chi connectivity index (χ2v) is 7.51. The van der Waals surface area contributed by atoms with Gasteiger partial charge in [-0.25, -0.2) is 9.97 Å². The summed E-state index contributed by atoms with van der Waals surface area (Å²) in [5.41, 5.74) is 3.84. The highest BCUT2D eigenvalue weighted by Crippen LogP contribution is 2.36. The van der Waals surface area contributed by atoms with Crippen molar-refractivity contribution in [1.29, 1.82) is 0 Å². The lowest BCUT2D eigenvalue weighted by Crippen LogP contribution is -2.47. The molecule has 5 rings (SSSR count). The third-order valence-corrected chi connectivity index (χ3v) is 5.93. The van der Waals surface area contributed by atoms with E-state index in [0.717, 1.165) is 42.8 Å². The zero-order chi connectivity index (χ0) is 17.7. The summed E-state index contributed by atoms with van der Waals surface area (Å²) in [4.78, 5) is 14.0. The first-order valence-corrected chi connectivity index (χ1v) is 9.46. The van der Waals surface area contributed by atoms with Crippen molar-refractivity contribution >= 4 is 22.5 Å². The lowest BCUT2D eigenvalue weighted by atomic mass is 10.0. The van der Waals surface area contributed by atoms with Crippen LogP contribution in [0.3, 0.4) is 0 Å². The van der Waals surface area contributed by atoms with Crippen molar-refractivity contribution in [3.05, 3.63) is 42.4 Å². The second-order valence-electron chi connectivity index (χ2n) is 7.51. The highest BCUT2D eigenvalue weighted by atomic mass is 15.3. The SMILES string of the molecule is CC1Cc2ccccc2N1C1CCN(c2ncnc3c2cnn3C)CC1. The van der Waals surface area contributed by atoms with Gasteiger partial charge in [-0.2, -0.15) is 5.10 Å². The zero-order valence-corrected chi connectivity index (χ0v) is 15.3. The third kappa shape index (κ3) is 2.35. The minimum atomic E-state index is 0.591. The molecular weight excluding hydrogens is 324 g/mol. The van der Waals surface area contributed by atoms with Gasteiger partial charge in [0.1, 0.15) is 12.1 Å². The predicted molar refractivity (Wildman–Crippen MR) is 104 cm³/mol. The van der Waals surface area contributed by atoms with Crippen LogP contribution in [0.5, 0.6) is 0 Å². The van der Waals surface area contributed by atoms with Crippen molar-refractivity contribution in [2.45, 2.75) is 38.3 Å². The van der Waals surface area contributed by atoms with Crippen LogP contribution in [0.1, 0.15) is 25.3 Å². The third-order valence-electron chi connectivity index (χ3n) is 5.93. The number of anilines is 2. The molecule has 0 bridgehead atoms. The molecule has 134 valence electrons. The van der Waals surface area contributed by atoms with Gasteiger partial charge in [0.25, 0.3) is 0 Å². The molecule has 1 aromatic carbocycles. The molecule has 2 aromatic heterocycles. The highest BCUT2D eigenvalue weighted by molar-refractivity contribution is 5.86. The van der Waals surface area contributed by atoms with E-state index < -0.39 is 0 Å². The van der Waals surface area contributed by atoms with Crippen LogP contribution in [0, 0.1) is 0 Å². The Bertz CT molecular complexity index is 940. The van der Waals surface area contributed by atoms with Crippen LogP contribution >= 0.6 is 0 Å². The van der Waals surface area contributed by atoms with Crippen molar-refractivity contribution in [1.82, 2.24) is 19.7 Å². The van der Waals surface area contributed by atoms with E-state index in [9.17, 15) is 0 Å². The van der Waals surface area contributed by atoms with Crippen molar-refractivity contribution in [3.63, 3.8) is 0 Å². The first kappa shape index (κ1) is 15.6. The van der Waals surface area contributed by atoms with E-state index in [4.69, 9.17) is 0 Å². The standard InChI is InChI=1S/C20H24N6/c1-14-11-15-5-3-4-6-18(15)26(14)16-7-9-25(10-8-16)20-17-12-23-24(2)19(17)21-13-22-20/h3-6,12-14,16H,7-11H2,1-2H3. The maximum atomic E-state index is 4.57. The smallest absolute Gasteiger partial charge is 0.163 e. The Morgan fingerprint density at radius 1 is 1.08 bits per heavy atom. The van der Waals surface area contributed by atoms with Crippen molar-refractivity contribution in [2.24, 2.45) is 7.05 Å². The molecule has 0 saturated carbocycles. The number of aryl methyl sites for hydroxylation is 1. The van der Waals surface area contributed by atoms with Gasteiger partial charge in [0.2, 0.25) is 0 Å². The molecule has 0 aliphatic carbocycles. The van der Waals surface area contributed by atoms with Gasteiger partial charge in [0, 0.05) is 37.9 Å². The number of hydrogen-bond donors (Lipinski definition) is 0. The lowest BCUT2D eigenvalue weighted by molar-refractivity contribution is 0.443. The number of rotatable bonds is 2. The van der Waals surface area contributed by atoms with Gasteiger partial charge >= 0.3 is 0 Å². The molecule has 2 aliphatic rings. The Balaban J connectivity index is 1.37. The topological polar surface area (TPSA) is 50.1 Å². The largest absolute Gasteiger partial charge is 0.365 e. The molecule has 6 nitrogen and oxygen atoms in total. The van der Waals surface area contributed by atoms with Crippen LogP contribution < -0.4 is 9.80 Å². The molecule has 4 heterocycles. The van der Waals surface area contributed by atoms with Crippen LogP contribution in [0.2, 0.25) is 0 Å². The normalized spacial score (nSPS) is 20.8. The molecule has 3 aromatic rings. The molecule has 2 aliphatic heterocycles. The minimum Gasteiger partial charge on any atom is -0.365 e. The summed E-state index contributed by atoms with van der Waals surface area (Å²) in [6.45, 7) is 4.41. The first-order valence-electron chi connectivity index (χ1n) is 9.46. The summed E-state index contributed by atoms with van der Waals surface area (Å²) in [7, 11) is 1.93. The summed E-state index contributed by atoms with van der Waals surface area (Å²) < 4.78 is 1.82. The molecule has 0 radical (unpaired) electrons. The summed E-state index contributed by atoms with van der Waals surface area (Å²) in [5.74, 6) is 1.02. The van der Waals surface area contributed by atoms with E-state index in [1.807, 2.05) is 17.9 Å². The molecule has 26 heavy (non-hydrogen) atoms. The number of hydrogen-bond acceptors (Lipinski definition) is 5. The fourth-order valence-electron chi connectivity index (χ4n) is 4.70. The van der Waals surface area contributed by atoms with Gasteiger partial charge in [0.15, 0.2) is 5.65 Å². The molecule has 0 amide bonds. The minimum absolute atomic E-state index is 0.591. The fourth-order valence-corrected chi connectivity index (χ4v) is 4.70. The molecule has 1 fully saturated rings. The molecule has 0 spiro atoms. The average molecular weight is 348 g/mol. The van der Waals surface area contributed by atoms with Crippen molar-refractivity contribution in [2.75, 3.05) is 22.9 Å². The monoisotopic (exact) mass is 348 g/mol. The summed E-state index contributed by atoms with van der Waals surface area (Å²) >= 11 is 0. The van der Waals surface area contributed by atoms with Crippen LogP contribution in [0.25, 0.3) is 11.0 Å².